The fourth-order valence-electron chi connectivity index (χ4n) is 3.35. The van der Waals surface area contributed by atoms with Crippen molar-refractivity contribution in [3.63, 3.8) is 0 Å². The molecule has 2 aromatic rings. The van der Waals surface area contributed by atoms with E-state index in [1.54, 1.807) is 12.1 Å². The van der Waals surface area contributed by atoms with E-state index in [2.05, 4.69) is 10.3 Å². The Balaban J connectivity index is 1.81. The fourth-order valence-corrected chi connectivity index (χ4v) is 4.32. The zero-order valence-corrected chi connectivity index (χ0v) is 16.9. The molecule has 0 unspecified atom stereocenters. The van der Waals surface area contributed by atoms with Crippen LogP contribution < -0.4 is 5.32 Å². The molecule has 0 aliphatic heterocycles. The number of amides is 1. The molecular weight excluding hydrogens is 384 g/mol. The zero-order chi connectivity index (χ0) is 19.7. The number of carbonyl (C=O) groups is 2. The molecule has 1 aliphatic carbocycles. The standard InChI is InChI=1S/C20H21ClN2O3S/c1-10-8-15(16(19(25)26)9-11(10)2)18(24)23-20-22-17(12(3)27-20)13-4-6-14(21)7-5-13/h4-7,15-16H,8-9H2,1-3H3,(H,25,26)(H,22,23,24)/t15-,16+/m0/s1. The Kier molecular flexibility index (Phi) is 5.67. The molecule has 5 nitrogen and oxygen atoms in total. The molecule has 2 N–H and O–H groups in total. The lowest BCUT2D eigenvalue weighted by Crippen LogP contribution is -2.36. The van der Waals surface area contributed by atoms with Crippen LogP contribution in [0.1, 0.15) is 31.6 Å². The average Bonchev–Trinajstić information content (AvgIpc) is 2.97. The Labute approximate surface area is 167 Å². The predicted molar refractivity (Wildman–Crippen MR) is 108 cm³/mol. The summed E-state index contributed by atoms with van der Waals surface area (Å²) in [6.07, 6.45) is 0.870. The SMILES string of the molecule is CC1=C(C)C[C@@H](C(=O)O)[C@@H](C(=O)Nc2nc(-c3ccc(Cl)cc3)c(C)s2)C1. The number of aromatic nitrogens is 1. The third-order valence-corrected chi connectivity index (χ3v) is 6.20. The highest BCUT2D eigenvalue weighted by atomic mass is 35.5. The van der Waals surface area contributed by atoms with E-state index in [1.807, 2.05) is 32.9 Å². The molecule has 2 atom stereocenters. The number of halogens is 1. The van der Waals surface area contributed by atoms with Gasteiger partial charge in [0.2, 0.25) is 5.91 Å². The van der Waals surface area contributed by atoms with Gasteiger partial charge in [-0.15, -0.1) is 11.3 Å². The number of aryl methyl sites for hydroxylation is 1. The van der Waals surface area contributed by atoms with Crippen molar-refractivity contribution in [2.75, 3.05) is 5.32 Å². The highest BCUT2D eigenvalue weighted by Gasteiger charge is 2.37. The van der Waals surface area contributed by atoms with Gasteiger partial charge in [-0.1, -0.05) is 34.9 Å². The van der Waals surface area contributed by atoms with Crippen LogP contribution in [0.25, 0.3) is 11.3 Å². The minimum atomic E-state index is -0.931. The quantitative estimate of drug-likeness (QED) is 0.690. The number of nitrogens with one attached hydrogen (secondary N) is 1. The number of nitrogens with zero attached hydrogens (tertiary/aromatic N) is 1. The van der Waals surface area contributed by atoms with Crippen molar-refractivity contribution in [1.82, 2.24) is 4.98 Å². The largest absolute Gasteiger partial charge is 0.481 e. The average molecular weight is 405 g/mol. The summed E-state index contributed by atoms with van der Waals surface area (Å²) >= 11 is 7.31. The van der Waals surface area contributed by atoms with Crippen molar-refractivity contribution in [2.24, 2.45) is 11.8 Å². The van der Waals surface area contributed by atoms with Gasteiger partial charge in [0.05, 0.1) is 17.5 Å². The third kappa shape index (κ3) is 4.22. The topological polar surface area (TPSA) is 79.3 Å². The van der Waals surface area contributed by atoms with Gasteiger partial charge in [0.25, 0.3) is 0 Å². The molecule has 3 rings (SSSR count). The molecule has 0 spiro atoms. The molecular formula is C20H21ClN2O3S. The highest BCUT2D eigenvalue weighted by molar-refractivity contribution is 7.16. The number of carboxylic acids is 1. The number of hydrogen-bond acceptors (Lipinski definition) is 4. The summed E-state index contributed by atoms with van der Waals surface area (Å²) in [5.41, 5.74) is 3.85. The second kappa shape index (κ2) is 7.82. The number of aliphatic carboxylic acids is 1. The molecule has 1 aromatic carbocycles. The summed E-state index contributed by atoms with van der Waals surface area (Å²) < 4.78 is 0. The van der Waals surface area contributed by atoms with Crippen LogP contribution >= 0.6 is 22.9 Å². The van der Waals surface area contributed by atoms with E-state index in [0.717, 1.165) is 27.3 Å². The Morgan fingerprint density at radius 1 is 1.11 bits per heavy atom. The van der Waals surface area contributed by atoms with Crippen LogP contribution in [-0.2, 0) is 9.59 Å². The van der Waals surface area contributed by atoms with E-state index in [1.165, 1.54) is 11.3 Å². The van der Waals surface area contributed by atoms with Crippen LogP contribution in [0, 0.1) is 18.8 Å². The summed E-state index contributed by atoms with van der Waals surface area (Å²) in [5.74, 6) is -2.51. The van der Waals surface area contributed by atoms with Crippen molar-refractivity contribution >= 4 is 39.9 Å². The van der Waals surface area contributed by atoms with Gasteiger partial charge in [-0.05, 0) is 45.7 Å². The molecule has 0 saturated carbocycles. The maximum absolute atomic E-state index is 12.8. The third-order valence-electron chi connectivity index (χ3n) is 5.06. The van der Waals surface area contributed by atoms with Crippen molar-refractivity contribution < 1.29 is 14.7 Å². The Morgan fingerprint density at radius 2 is 1.70 bits per heavy atom. The molecule has 1 amide bonds. The van der Waals surface area contributed by atoms with Gasteiger partial charge in [0.15, 0.2) is 5.13 Å². The van der Waals surface area contributed by atoms with Crippen LogP contribution in [0.2, 0.25) is 5.02 Å². The van der Waals surface area contributed by atoms with Crippen molar-refractivity contribution in [1.29, 1.82) is 0 Å². The van der Waals surface area contributed by atoms with Crippen molar-refractivity contribution in [3.05, 3.63) is 45.3 Å². The van der Waals surface area contributed by atoms with Gasteiger partial charge >= 0.3 is 5.97 Å². The number of carboxylic acid groups (broad SMARTS) is 1. The Bertz CT molecular complexity index is 918. The Morgan fingerprint density at radius 3 is 2.30 bits per heavy atom. The molecule has 7 heteroatoms. The van der Waals surface area contributed by atoms with E-state index < -0.39 is 17.8 Å². The van der Waals surface area contributed by atoms with Crippen molar-refractivity contribution in [2.45, 2.75) is 33.6 Å². The monoisotopic (exact) mass is 404 g/mol. The maximum atomic E-state index is 12.8. The lowest BCUT2D eigenvalue weighted by molar-refractivity contribution is -0.146. The maximum Gasteiger partial charge on any atom is 0.307 e. The second-order valence-electron chi connectivity index (χ2n) is 6.94. The number of hydrogen-bond donors (Lipinski definition) is 2. The molecule has 0 fully saturated rings. The molecule has 1 aromatic heterocycles. The summed E-state index contributed by atoms with van der Waals surface area (Å²) in [4.78, 5) is 29.9. The van der Waals surface area contributed by atoms with E-state index in [9.17, 15) is 14.7 Å². The summed E-state index contributed by atoms with van der Waals surface area (Å²) in [6.45, 7) is 5.83. The smallest absolute Gasteiger partial charge is 0.307 e. The number of rotatable bonds is 4. The zero-order valence-electron chi connectivity index (χ0n) is 15.4. The first-order valence-electron chi connectivity index (χ1n) is 8.68. The fraction of sp³-hybridized carbons (Fsp3) is 0.350. The van der Waals surface area contributed by atoms with Gasteiger partial charge in [-0.3, -0.25) is 9.59 Å². The summed E-state index contributed by atoms with van der Waals surface area (Å²) in [7, 11) is 0. The molecule has 142 valence electrons. The highest BCUT2D eigenvalue weighted by Crippen LogP contribution is 2.36. The van der Waals surface area contributed by atoms with Crippen LogP contribution in [0.4, 0.5) is 5.13 Å². The van der Waals surface area contributed by atoms with E-state index in [0.29, 0.717) is 23.0 Å². The minimum absolute atomic E-state index is 0.286. The molecule has 27 heavy (non-hydrogen) atoms. The molecule has 0 radical (unpaired) electrons. The molecule has 0 bridgehead atoms. The lowest BCUT2D eigenvalue weighted by atomic mass is 9.76. The second-order valence-corrected chi connectivity index (χ2v) is 8.58. The van der Waals surface area contributed by atoms with Crippen LogP contribution in [-0.4, -0.2) is 22.0 Å². The van der Waals surface area contributed by atoms with E-state index in [-0.39, 0.29) is 5.91 Å². The first-order valence-corrected chi connectivity index (χ1v) is 9.88. The normalized spacial score (nSPS) is 19.9. The first-order chi connectivity index (χ1) is 12.8. The minimum Gasteiger partial charge on any atom is -0.481 e. The van der Waals surface area contributed by atoms with Crippen molar-refractivity contribution in [3.8, 4) is 11.3 Å². The van der Waals surface area contributed by atoms with Crippen LogP contribution in [0.5, 0.6) is 0 Å². The Hall–Kier alpha value is -2.18. The van der Waals surface area contributed by atoms with Gasteiger partial charge in [0.1, 0.15) is 0 Å². The number of carbonyl (C=O) groups excluding carboxylic acids is 1. The van der Waals surface area contributed by atoms with E-state index >= 15 is 0 Å². The van der Waals surface area contributed by atoms with Gasteiger partial charge in [0, 0.05) is 15.5 Å². The number of allylic oxidation sites excluding steroid dienone is 2. The number of anilines is 1. The first kappa shape index (κ1) is 19.6. The number of thiazole rings is 1. The summed E-state index contributed by atoms with van der Waals surface area (Å²) in [5, 5.41) is 13.5. The predicted octanol–water partition coefficient (Wildman–Crippen LogP) is 5.16. The van der Waals surface area contributed by atoms with Crippen LogP contribution in [0.15, 0.2) is 35.4 Å². The van der Waals surface area contributed by atoms with Crippen LogP contribution in [0.3, 0.4) is 0 Å². The molecule has 1 aliphatic rings. The summed E-state index contributed by atoms with van der Waals surface area (Å²) in [6, 6.07) is 7.36. The van der Waals surface area contributed by atoms with Gasteiger partial charge in [-0.2, -0.15) is 0 Å². The van der Waals surface area contributed by atoms with Gasteiger partial charge in [-0.25, -0.2) is 4.98 Å². The molecule has 1 heterocycles. The van der Waals surface area contributed by atoms with Gasteiger partial charge < -0.3 is 10.4 Å². The lowest BCUT2D eigenvalue weighted by Gasteiger charge is -2.29. The number of benzene rings is 1. The molecule has 0 saturated heterocycles. The van der Waals surface area contributed by atoms with E-state index in [4.69, 9.17) is 11.6 Å².